The van der Waals surface area contributed by atoms with Crippen LogP contribution in [-0.4, -0.2) is 52.5 Å². The number of likely N-dealkylation sites (tertiary alicyclic amines) is 1. The zero-order valence-corrected chi connectivity index (χ0v) is 15.8. The Morgan fingerprint density at radius 1 is 1.19 bits per heavy atom. The molecule has 1 atom stereocenters. The SMILES string of the molecule is CNCC1CCN(C(=O)CCNS(=O)(=O)c2ccc3ccccc3c2)C1. The molecule has 1 amide bonds. The number of carbonyl (C=O) groups is 1. The van der Waals surface area contributed by atoms with E-state index in [2.05, 4.69) is 10.0 Å². The van der Waals surface area contributed by atoms with E-state index in [9.17, 15) is 13.2 Å². The molecule has 0 radical (unpaired) electrons. The van der Waals surface area contributed by atoms with Crippen LogP contribution in [0, 0.1) is 5.92 Å². The van der Waals surface area contributed by atoms with Crippen LogP contribution >= 0.6 is 0 Å². The lowest BCUT2D eigenvalue weighted by Crippen LogP contribution is -2.34. The van der Waals surface area contributed by atoms with Crippen molar-refractivity contribution in [3.8, 4) is 0 Å². The van der Waals surface area contributed by atoms with Crippen LogP contribution in [0.1, 0.15) is 12.8 Å². The molecule has 2 aromatic rings. The minimum atomic E-state index is -3.62. The number of nitrogens with one attached hydrogen (secondary N) is 2. The van der Waals surface area contributed by atoms with Gasteiger partial charge in [0.15, 0.2) is 0 Å². The first kappa shape index (κ1) is 18.8. The summed E-state index contributed by atoms with van der Waals surface area (Å²) < 4.78 is 27.5. The minimum Gasteiger partial charge on any atom is -0.342 e. The fraction of sp³-hybridized carbons (Fsp3) is 0.421. The van der Waals surface area contributed by atoms with Crippen molar-refractivity contribution in [1.82, 2.24) is 14.9 Å². The number of hydrogen-bond donors (Lipinski definition) is 2. The minimum absolute atomic E-state index is 0.00446. The standard InChI is InChI=1S/C19H25N3O3S/c1-20-13-15-9-11-22(14-15)19(23)8-10-21-26(24,25)18-7-6-16-4-2-3-5-17(16)12-18/h2-7,12,15,20-21H,8-11,13-14H2,1H3. The predicted molar refractivity (Wildman–Crippen MR) is 102 cm³/mol. The number of sulfonamides is 1. The average Bonchev–Trinajstić information content (AvgIpc) is 3.10. The number of fused-ring (bicyclic) bond motifs is 1. The molecule has 0 bridgehead atoms. The van der Waals surface area contributed by atoms with Gasteiger partial charge in [0, 0.05) is 26.1 Å². The lowest BCUT2D eigenvalue weighted by atomic mass is 10.1. The monoisotopic (exact) mass is 375 g/mol. The van der Waals surface area contributed by atoms with E-state index in [4.69, 9.17) is 0 Å². The number of hydrogen-bond acceptors (Lipinski definition) is 4. The first-order chi connectivity index (χ1) is 12.5. The van der Waals surface area contributed by atoms with Crippen LogP contribution in [0.5, 0.6) is 0 Å². The van der Waals surface area contributed by atoms with Gasteiger partial charge in [-0.05, 0) is 48.8 Å². The highest BCUT2D eigenvalue weighted by atomic mass is 32.2. The Hall–Kier alpha value is -1.96. The second-order valence-corrected chi connectivity index (χ2v) is 8.48. The molecule has 140 valence electrons. The van der Waals surface area contributed by atoms with Crippen LogP contribution in [-0.2, 0) is 14.8 Å². The van der Waals surface area contributed by atoms with Crippen molar-refractivity contribution in [3.05, 3.63) is 42.5 Å². The highest BCUT2D eigenvalue weighted by molar-refractivity contribution is 7.89. The summed E-state index contributed by atoms with van der Waals surface area (Å²) in [6.07, 6.45) is 1.18. The third kappa shape index (κ3) is 4.41. The lowest BCUT2D eigenvalue weighted by Gasteiger charge is -2.16. The average molecular weight is 375 g/mol. The van der Waals surface area contributed by atoms with Crippen LogP contribution in [0.4, 0.5) is 0 Å². The predicted octanol–water partition coefficient (Wildman–Crippen LogP) is 1.58. The molecular weight excluding hydrogens is 350 g/mol. The lowest BCUT2D eigenvalue weighted by molar-refractivity contribution is -0.130. The fourth-order valence-corrected chi connectivity index (χ4v) is 4.45. The van der Waals surface area contributed by atoms with Gasteiger partial charge >= 0.3 is 0 Å². The molecule has 1 fully saturated rings. The summed E-state index contributed by atoms with van der Waals surface area (Å²) >= 11 is 0. The highest BCUT2D eigenvalue weighted by Crippen LogP contribution is 2.19. The van der Waals surface area contributed by atoms with Gasteiger partial charge in [-0.1, -0.05) is 30.3 Å². The topological polar surface area (TPSA) is 78.5 Å². The van der Waals surface area contributed by atoms with Crippen molar-refractivity contribution in [2.45, 2.75) is 17.7 Å². The normalized spacial score (nSPS) is 17.7. The van der Waals surface area contributed by atoms with Gasteiger partial charge in [-0.15, -0.1) is 0 Å². The quantitative estimate of drug-likeness (QED) is 0.770. The van der Waals surface area contributed by atoms with Crippen LogP contribution < -0.4 is 10.0 Å². The molecule has 2 aromatic carbocycles. The van der Waals surface area contributed by atoms with Crippen LogP contribution in [0.25, 0.3) is 10.8 Å². The van der Waals surface area contributed by atoms with Gasteiger partial charge in [-0.2, -0.15) is 0 Å². The molecule has 0 aromatic heterocycles. The maximum absolute atomic E-state index is 12.5. The molecule has 0 saturated carbocycles. The molecule has 6 nitrogen and oxygen atoms in total. The van der Waals surface area contributed by atoms with E-state index in [1.165, 1.54) is 0 Å². The van der Waals surface area contributed by atoms with Gasteiger partial charge in [-0.3, -0.25) is 4.79 Å². The van der Waals surface area contributed by atoms with Crippen LogP contribution in [0.2, 0.25) is 0 Å². The molecule has 7 heteroatoms. The van der Waals surface area contributed by atoms with E-state index in [0.29, 0.717) is 5.92 Å². The first-order valence-corrected chi connectivity index (χ1v) is 10.4. The highest BCUT2D eigenvalue weighted by Gasteiger charge is 2.25. The van der Waals surface area contributed by atoms with E-state index < -0.39 is 10.0 Å². The number of nitrogens with zero attached hydrogens (tertiary/aromatic N) is 1. The number of benzene rings is 2. The Bertz CT molecular complexity index is 882. The van der Waals surface area contributed by atoms with E-state index in [1.54, 1.807) is 18.2 Å². The molecule has 1 heterocycles. The Balaban J connectivity index is 1.55. The molecule has 1 aliphatic rings. The smallest absolute Gasteiger partial charge is 0.240 e. The summed E-state index contributed by atoms with van der Waals surface area (Å²) in [5, 5.41) is 5.00. The molecule has 0 spiro atoms. The van der Waals surface area contributed by atoms with E-state index >= 15 is 0 Å². The third-order valence-corrected chi connectivity index (χ3v) is 6.25. The number of amides is 1. The number of rotatable bonds is 7. The molecule has 1 saturated heterocycles. The molecule has 0 aliphatic carbocycles. The second kappa shape index (κ2) is 8.16. The largest absolute Gasteiger partial charge is 0.342 e. The van der Waals surface area contributed by atoms with E-state index in [1.807, 2.05) is 36.2 Å². The van der Waals surface area contributed by atoms with Gasteiger partial charge in [0.2, 0.25) is 15.9 Å². The molecule has 1 aliphatic heterocycles. The summed E-state index contributed by atoms with van der Waals surface area (Å²) in [7, 11) is -1.71. The summed E-state index contributed by atoms with van der Waals surface area (Å²) in [6, 6.07) is 12.7. The Morgan fingerprint density at radius 2 is 1.96 bits per heavy atom. The molecular formula is C19H25N3O3S. The maximum atomic E-state index is 12.5. The third-order valence-electron chi connectivity index (χ3n) is 4.79. The maximum Gasteiger partial charge on any atom is 0.240 e. The molecule has 2 N–H and O–H groups in total. The van der Waals surface area contributed by atoms with Crippen LogP contribution in [0.3, 0.4) is 0 Å². The van der Waals surface area contributed by atoms with Crippen LogP contribution in [0.15, 0.2) is 47.4 Å². The van der Waals surface area contributed by atoms with Gasteiger partial charge in [0.1, 0.15) is 0 Å². The number of carbonyl (C=O) groups excluding carboxylic acids is 1. The summed E-state index contributed by atoms with van der Waals surface area (Å²) in [5.74, 6) is 0.489. The van der Waals surface area contributed by atoms with Crippen molar-refractivity contribution in [2.24, 2.45) is 5.92 Å². The summed E-state index contributed by atoms with van der Waals surface area (Å²) in [6.45, 7) is 2.51. The fourth-order valence-electron chi connectivity index (χ4n) is 3.38. The zero-order chi connectivity index (χ0) is 18.6. The van der Waals surface area contributed by atoms with Crippen molar-refractivity contribution in [2.75, 3.05) is 33.2 Å². The second-order valence-electron chi connectivity index (χ2n) is 6.71. The van der Waals surface area contributed by atoms with Gasteiger partial charge in [-0.25, -0.2) is 13.1 Å². The van der Waals surface area contributed by atoms with Crippen molar-refractivity contribution in [3.63, 3.8) is 0 Å². The zero-order valence-electron chi connectivity index (χ0n) is 14.9. The Labute approximate surface area is 154 Å². The Morgan fingerprint density at radius 3 is 2.73 bits per heavy atom. The van der Waals surface area contributed by atoms with Gasteiger partial charge in [0.25, 0.3) is 0 Å². The van der Waals surface area contributed by atoms with E-state index in [-0.39, 0.29) is 23.8 Å². The summed E-state index contributed by atoms with van der Waals surface area (Å²) in [4.78, 5) is 14.3. The molecule has 26 heavy (non-hydrogen) atoms. The summed E-state index contributed by atoms with van der Waals surface area (Å²) in [5.41, 5.74) is 0. The van der Waals surface area contributed by atoms with Gasteiger partial charge < -0.3 is 10.2 Å². The van der Waals surface area contributed by atoms with Crippen molar-refractivity contribution < 1.29 is 13.2 Å². The van der Waals surface area contributed by atoms with Gasteiger partial charge in [0.05, 0.1) is 4.90 Å². The molecule has 3 rings (SSSR count). The van der Waals surface area contributed by atoms with Crippen molar-refractivity contribution >= 4 is 26.7 Å². The first-order valence-electron chi connectivity index (χ1n) is 8.90. The van der Waals surface area contributed by atoms with Crippen molar-refractivity contribution in [1.29, 1.82) is 0 Å². The Kier molecular flexibility index (Phi) is 5.90. The molecule has 1 unspecified atom stereocenters. The van der Waals surface area contributed by atoms with E-state index in [0.717, 1.165) is 36.8 Å².